The lowest BCUT2D eigenvalue weighted by Crippen LogP contribution is -2.27. The fourth-order valence-electron chi connectivity index (χ4n) is 2.69. The van der Waals surface area contributed by atoms with Crippen LogP contribution in [0.1, 0.15) is 32.9 Å². The van der Waals surface area contributed by atoms with E-state index in [1.165, 1.54) is 24.3 Å². The molecule has 3 heteroatoms. The van der Waals surface area contributed by atoms with Gasteiger partial charge < -0.3 is 5.32 Å². The largest absolute Gasteiger partial charge is 0.385 e. The zero-order chi connectivity index (χ0) is 12.3. The van der Waals surface area contributed by atoms with Crippen molar-refractivity contribution in [2.24, 2.45) is 5.92 Å². The molecule has 1 aliphatic heterocycles. The molecule has 0 saturated carbocycles. The molecule has 2 atom stereocenters. The van der Waals surface area contributed by atoms with E-state index in [4.69, 9.17) is 0 Å². The summed E-state index contributed by atoms with van der Waals surface area (Å²) in [6.45, 7) is 9.90. The number of hydrogen-bond acceptors (Lipinski definition) is 3. The Morgan fingerprint density at radius 2 is 2.29 bits per heavy atom. The average Bonchev–Trinajstić information content (AvgIpc) is 2.58. The summed E-state index contributed by atoms with van der Waals surface area (Å²) in [6.07, 6.45) is 3.21. The second kappa shape index (κ2) is 5.50. The van der Waals surface area contributed by atoms with E-state index in [2.05, 4.69) is 42.0 Å². The molecule has 2 heterocycles. The van der Waals surface area contributed by atoms with Crippen molar-refractivity contribution in [1.29, 1.82) is 0 Å². The standard InChI is InChI=1S/C14H23N3/c1-4-15-13-5-6-16-14(8-13)10-17-9-11(2)7-12(17)3/h5-6,8,11-12H,4,7,9-10H2,1-3H3,(H,15,16). The van der Waals surface area contributed by atoms with E-state index >= 15 is 0 Å². The van der Waals surface area contributed by atoms with Gasteiger partial charge in [-0.1, -0.05) is 6.92 Å². The van der Waals surface area contributed by atoms with Crippen LogP contribution in [-0.2, 0) is 6.54 Å². The summed E-state index contributed by atoms with van der Waals surface area (Å²) in [4.78, 5) is 6.99. The summed E-state index contributed by atoms with van der Waals surface area (Å²) in [5, 5.41) is 3.33. The van der Waals surface area contributed by atoms with Crippen LogP contribution in [-0.4, -0.2) is 29.0 Å². The molecule has 94 valence electrons. The Bertz CT molecular complexity index is 364. The zero-order valence-corrected chi connectivity index (χ0v) is 11.1. The predicted molar refractivity (Wildman–Crippen MR) is 72.1 cm³/mol. The maximum Gasteiger partial charge on any atom is 0.0564 e. The van der Waals surface area contributed by atoms with Gasteiger partial charge in [-0.05, 0) is 38.3 Å². The van der Waals surface area contributed by atoms with Crippen molar-refractivity contribution in [2.75, 3.05) is 18.4 Å². The maximum absolute atomic E-state index is 4.46. The van der Waals surface area contributed by atoms with Crippen LogP contribution in [0.5, 0.6) is 0 Å². The molecular weight excluding hydrogens is 210 g/mol. The van der Waals surface area contributed by atoms with Crippen LogP contribution in [0.3, 0.4) is 0 Å². The second-order valence-electron chi connectivity index (χ2n) is 5.19. The van der Waals surface area contributed by atoms with E-state index in [9.17, 15) is 0 Å². The van der Waals surface area contributed by atoms with Gasteiger partial charge in [-0.15, -0.1) is 0 Å². The molecule has 17 heavy (non-hydrogen) atoms. The third kappa shape index (κ3) is 3.19. The van der Waals surface area contributed by atoms with Gasteiger partial charge in [0.15, 0.2) is 0 Å². The first-order chi connectivity index (χ1) is 8.19. The molecule has 3 nitrogen and oxygen atoms in total. The molecule has 0 aromatic carbocycles. The highest BCUT2D eigenvalue weighted by Gasteiger charge is 2.26. The van der Waals surface area contributed by atoms with Crippen molar-refractivity contribution in [3.8, 4) is 0 Å². The number of anilines is 1. The fourth-order valence-corrected chi connectivity index (χ4v) is 2.69. The number of hydrogen-bond donors (Lipinski definition) is 1. The van der Waals surface area contributed by atoms with E-state index in [1.54, 1.807) is 0 Å². The van der Waals surface area contributed by atoms with E-state index in [0.29, 0.717) is 6.04 Å². The Labute approximate surface area is 104 Å². The molecule has 1 aliphatic rings. The van der Waals surface area contributed by atoms with Gasteiger partial charge >= 0.3 is 0 Å². The Morgan fingerprint density at radius 1 is 1.47 bits per heavy atom. The van der Waals surface area contributed by atoms with Crippen LogP contribution in [0.4, 0.5) is 5.69 Å². The smallest absolute Gasteiger partial charge is 0.0564 e. The molecule has 1 fully saturated rings. The quantitative estimate of drug-likeness (QED) is 0.866. The highest BCUT2D eigenvalue weighted by molar-refractivity contribution is 5.42. The molecule has 2 unspecified atom stereocenters. The van der Waals surface area contributed by atoms with Gasteiger partial charge in [0, 0.05) is 37.6 Å². The van der Waals surface area contributed by atoms with Gasteiger partial charge in [0.2, 0.25) is 0 Å². The normalized spacial score (nSPS) is 25.1. The van der Waals surface area contributed by atoms with Crippen molar-refractivity contribution in [3.05, 3.63) is 24.0 Å². The van der Waals surface area contributed by atoms with E-state index in [1.807, 2.05) is 12.3 Å². The molecule has 0 amide bonds. The lowest BCUT2D eigenvalue weighted by molar-refractivity contribution is 0.253. The molecule has 0 radical (unpaired) electrons. The minimum Gasteiger partial charge on any atom is -0.385 e. The van der Waals surface area contributed by atoms with E-state index in [-0.39, 0.29) is 0 Å². The molecule has 0 aliphatic carbocycles. The van der Waals surface area contributed by atoms with Crippen molar-refractivity contribution >= 4 is 5.69 Å². The molecule has 0 spiro atoms. The van der Waals surface area contributed by atoms with Crippen LogP contribution in [0.2, 0.25) is 0 Å². The van der Waals surface area contributed by atoms with Crippen LogP contribution >= 0.6 is 0 Å². The summed E-state index contributed by atoms with van der Waals surface area (Å²) < 4.78 is 0. The fraction of sp³-hybridized carbons (Fsp3) is 0.643. The van der Waals surface area contributed by atoms with E-state index < -0.39 is 0 Å². The number of pyridine rings is 1. The summed E-state index contributed by atoms with van der Waals surface area (Å²) in [5.41, 5.74) is 2.35. The van der Waals surface area contributed by atoms with Crippen molar-refractivity contribution in [1.82, 2.24) is 9.88 Å². The SMILES string of the molecule is CCNc1ccnc(CN2CC(C)CC2C)c1. The van der Waals surface area contributed by atoms with Gasteiger partial charge in [0.25, 0.3) is 0 Å². The molecule has 1 aromatic rings. The lowest BCUT2D eigenvalue weighted by Gasteiger charge is -2.20. The lowest BCUT2D eigenvalue weighted by atomic mass is 10.1. The van der Waals surface area contributed by atoms with Gasteiger partial charge in [-0.2, -0.15) is 0 Å². The first-order valence-electron chi connectivity index (χ1n) is 6.62. The molecular formula is C14H23N3. The number of likely N-dealkylation sites (tertiary alicyclic amines) is 1. The van der Waals surface area contributed by atoms with Gasteiger partial charge in [0.05, 0.1) is 5.69 Å². The highest BCUT2D eigenvalue weighted by Crippen LogP contribution is 2.24. The van der Waals surface area contributed by atoms with Crippen molar-refractivity contribution in [3.63, 3.8) is 0 Å². The first kappa shape index (κ1) is 12.4. The number of nitrogens with zero attached hydrogens (tertiary/aromatic N) is 2. The molecule has 0 bridgehead atoms. The van der Waals surface area contributed by atoms with Gasteiger partial charge in [-0.25, -0.2) is 0 Å². The molecule has 1 saturated heterocycles. The Kier molecular flexibility index (Phi) is 4.00. The third-order valence-corrected chi connectivity index (χ3v) is 3.48. The van der Waals surface area contributed by atoms with Crippen LogP contribution in [0, 0.1) is 5.92 Å². The predicted octanol–water partition coefficient (Wildman–Crippen LogP) is 2.74. The summed E-state index contributed by atoms with van der Waals surface area (Å²) in [7, 11) is 0. The average molecular weight is 233 g/mol. The maximum atomic E-state index is 4.46. The summed E-state index contributed by atoms with van der Waals surface area (Å²) in [6, 6.07) is 4.89. The zero-order valence-electron chi connectivity index (χ0n) is 11.1. The van der Waals surface area contributed by atoms with E-state index in [0.717, 1.165) is 19.0 Å². The second-order valence-corrected chi connectivity index (χ2v) is 5.19. The minimum atomic E-state index is 0.689. The van der Waals surface area contributed by atoms with Gasteiger partial charge in [-0.3, -0.25) is 9.88 Å². The Balaban J connectivity index is 2.00. The monoisotopic (exact) mass is 233 g/mol. The summed E-state index contributed by atoms with van der Waals surface area (Å²) >= 11 is 0. The van der Waals surface area contributed by atoms with Crippen LogP contribution in [0.15, 0.2) is 18.3 Å². The highest BCUT2D eigenvalue weighted by atomic mass is 15.2. The number of nitrogens with one attached hydrogen (secondary N) is 1. The first-order valence-corrected chi connectivity index (χ1v) is 6.62. The Hall–Kier alpha value is -1.09. The number of rotatable bonds is 4. The van der Waals surface area contributed by atoms with Gasteiger partial charge in [0.1, 0.15) is 0 Å². The third-order valence-electron chi connectivity index (χ3n) is 3.48. The Morgan fingerprint density at radius 3 is 2.94 bits per heavy atom. The molecule has 1 N–H and O–H groups in total. The topological polar surface area (TPSA) is 28.2 Å². The van der Waals surface area contributed by atoms with Crippen molar-refractivity contribution < 1.29 is 0 Å². The van der Waals surface area contributed by atoms with Crippen LogP contribution in [0.25, 0.3) is 0 Å². The van der Waals surface area contributed by atoms with Crippen molar-refractivity contribution in [2.45, 2.75) is 39.8 Å². The van der Waals surface area contributed by atoms with Crippen LogP contribution < -0.4 is 5.32 Å². The molecule has 2 rings (SSSR count). The number of aromatic nitrogens is 1. The molecule has 1 aromatic heterocycles. The summed E-state index contributed by atoms with van der Waals surface area (Å²) in [5.74, 6) is 0.821. The minimum absolute atomic E-state index is 0.689.